The summed E-state index contributed by atoms with van der Waals surface area (Å²) in [6.45, 7) is 3.71. The molecular formula is C13H13N5O4S. The fourth-order valence-electron chi connectivity index (χ4n) is 1.60. The first kappa shape index (κ1) is 16.6. The van der Waals surface area contributed by atoms with Crippen LogP contribution in [0.25, 0.3) is 0 Å². The molecule has 0 spiro atoms. The van der Waals surface area contributed by atoms with Crippen LogP contribution in [-0.4, -0.2) is 32.8 Å². The number of nitrogens with one attached hydrogen (secondary N) is 1. The van der Waals surface area contributed by atoms with Crippen LogP contribution < -0.4 is 5.43 Å². The number of rotatable bonds is 6. The molecule has 0 saturated carbocycles. The summed E-state index contributed by atoms with van der Waals surface area (Å²) in [6, 6.07) is 4.43. The van der Waals surface area contributed by atoms with Crippen molar-refractivity contribution in [2.45, 2.75) is 19.0 Å². The van der Waals surface area contributed by atoms with Crippen molar-refractivity contribution < 1.29 is 14.1 Å². The van der Waals surface area contributed by atoms with E-state index in [1.807, 2.05) is 19.9 Å². The molecule has 1 N–H and O–H groups in total. The van der Waals surface area contributed by atoms with Gasteiger partial charge in [-0.1, -0.05) is 11.8 Å². The number of aryl methyl sites for hydroxylation is 2. The number of hydrogen-bond donors (Lipinski definition) is 1. The van der Waals surface area contributed by atoms with Crippen molar-refractivity contribution in [3.63, 3.8) is 0 Å². The summed E-state index contributed by atoms with van der Waals surface area (Å²) in [7, 11) is 0. The molecule has 0 aliphatic heterocycles. The summed E-state index contributed by atoms with van der Waals surface area (Å²) < 4.78 is 4.86. The molecule has 2 heterocycles. The zero-order valence-electron chi connectivity index (χ0n) is 12.3. The number of amides is 1. The van der Waals surface area contributed by atoms with Gasteiger partial charge in [-0.25, -0.2) is 15.4 Å². The molecule has 0 aromatic carbocycles. The largest absolute Gasteiger partial charge is 0.433 e. The second kappa shape index (κ2) is 7.49. The van der Waals surface area contributed by atoms with Crippen molar-refractivity contribution in [3.05, 3.63) is 45.5 Å². The Hall–Kier alpha value is -2.75. The van der Waals surface area contributed by atoms with Gasteiger partial charge in [-0.2, -0.15) is 5.10 Å². The lowest BCUT2D eigenvalue weighted by atomic mass is 10.4. The first-order valence-electron chi connectivity index (χ1n) is 6.45. The van der Waals surface area contributed by atoms with Gasteiger partial charge in [0.15, 0.2) is 10.9 Å². The minimum Gasteiger partial charge on any atom is -0.400 e. The van der Waals surface area contributed by atoms with Crippen LogP contribution in [-0.2, 0) is 4.79 Å². The molecule has 120 valence electrons. The van der Waals surface area contributed by atoms with E-state index in [-0.39, 0.29) is 23.3 Å². The fraction of sp³-hybridized carbons (Fsp3) is 0.231. The topological polar surface area (TPSA) is 124 Å². The number of nitro groups is 1. The molecule has 0 aliphatic rings. The van der Waals surface area contributed by atoms with Gasteiger partial charge in [-0.3, -0.25) is 14.9 Å². The van der Waals surface area contributed by atoms with E-state index < -0.39 is 4.92 Å². The van der Waals surface area contributed by atoms with Crippen molar-refractivity contribution >= 4 is 29.8 Å². The molecule has 0 aliphatic carbocycles. The Morgan fingerprint density at radius 3 is 2.74 bits per heavy atom. The first-order valence-corrected chi connectivity index (χ1v) is 7.44. The second-order valence-electron chi connectivity index (χ2n) is 4.45. The molecule has 9 nitrogen and oxygen atoms in total. The van der Waals surface area contributed by atoms with E-state index in [2.05, 4.69) is 20.5 Å². The quantitative estimate of drug-likeness (QED) is 0.281. The highest BCUT2D eigenvalue weighted by Crippen LogP contribution is 2.14. The number of nitrogens with zero attached hydrogens (tertiary/aromatic N) is 4. The molecule has 2 aromatic rings. The van der Waals surface area contributed by atoms with E-state index in [9.17, 15) is 14.9 Å². The van der Waals surface area contributed by atoms with Gasteiger partial charge in [0.05, 0.1) is 18.0 Å². The maximum atomic E-state index is 11.6. The molecule has 23 heavy (non-hydrogen) atoms. The average Bonchev–Trinajstić information content (AvgIpc) is 2.93. The number of thioether (sulfide) groups is 1. The summed E-state index contributed by atoms with van der Waals surface area (Å²) in [5, 5.41) is 14.6. The maximum absolute atomic E-state index is 11.6. The lowest BCUT2D eigenvalue weighted by Gasteiger charge is -2.02. The van der Waals surface area contributed by atoms with Crippen molar-refractivity contribution in [1.82, 2.24) is 15.4 Å². The van der Waals surface area contributed by atoms with Crippen molar-refractivity contribution in [2.24, 2.45) is 5.10 Å². The van der Waals surface area contributed by atoms with Crippen LogP contribution in [0.3, 0.4) is 0 Å². The lowest BCUT2D eigenvalue weighted by Crippen LogP contribution is -2.19. The minimum atomic E-state index is -0.656. The van der Waals surface area contributed by atoms with Gasteiger partial charge < -0.3 is 4.42 Å². The summed E-state index contributed by atoms with van der Waals surface area (Å²) in [6.07, 6.45) is 1.18. The Kier molecular flexibility index (Phi) is 5.41. The molecule has 0 bridgehead atoms. The van der Waals surface area contributed by atoms with E-state index in [1.54, 1.807) is 0 Å². The predicted molar refractivity (Wildman–Crippen MR) is 83.3 cm³/mol. The first-order chi connectivity index (χ1) is 10.9. The smallest absolute Gasteiger partial charge is 0.400 e. The highest BCUT2D eigenvalue weighted by Gasteiger charge is 2.10. The highest BCUT2D eigenvalue weighted by molar-refractivity contribution is 7.99. The van der Waals surface area contributed by atoms with Crippen LogP contribution in [0.15, 0.2) is 32.9 Å². The van der Waals surface area contributed by atoms with Crippen molar-refractivity contribution in [2.75, 3.05) is 5.75 Å². The molecule has 0 unspecified atom stereocenters. The zero-order chi connectivity index (χ0) is 16.8. The van der Waals surface area contributed by atoms with Crippen molar-refractivity contribution in [1.29, 1.82) is 0 Å². The van der Waals surface area contributed by atoms with Gasteiger partial charge in [0.25, 0.3) is 5.91 Å². The maximum Gasteiger partial charge on any atom is 0.433 e. The van der Waals surface area contributed by atoms with E-state index in [1.165, 1.54) is 30.1 Å². The van der Waals surface area contributed by atoms with Crippen LogP contribution in [0, 0.1) is 24.0 Å². The average molecular weight is 335 g/mol. The number of hydrazone groups is 1. The normalized spacial score (nSPS) is 10.9. The second-order valence-corrected chi connectivity index (χ2v) is 5.39. The van der Waals surface area contributed by atoms with E-state index >= 15 is 0 Å². The Labute approximate surface area is 135 Å². The third-order valence-corrected chi connectivity index (χ3v) is 3.32. The third-order valence-electron chi connectivity index (χ3n) is 2.47. The van der Waals surface area contributed by atoms with Gasteiger partial charge in [0.2, 0.25) is 0 Å². The van der Waals surface area contributed by atoms with Gasteiger partial charge in [-0.15, -0.1) is 0 Å². The molecule has 0 saturated heterocycles. The van der Waals surface area contributed by atoms with Gasteiger partial charge >= 0.3 is 5.88 Å². The number of hydrogen-bond acceptors (Lipinski definition) is 8. The highest BCUT2D eigenvalue weighted by atomic mass is 32.2. The van der Waals surface area contributed by atoms with Crippen LogP contribution >= 0.6 is 11.8 Å². The summed E-state index contributed by atoms with van der Waals surface area (Å²) >= 11 is 1.19. The number of carbonyl (C=O) groups is 1. The third kappa shape index (κ3) is 5.18. The van der Waals surface area contributed by atoms with Crippen LogP contribution in [0.1, 0.15) is 17.1 Å². The van der Waals surface area contributed by atoms with E-state index in [0.29, 0.717) is 5.16 Å². The van der Waals surface area contributed by atoms with Crippen molar-refractivity contribution in [3.8, 4) is 0 Å². The Morgan fingerprint density at radius 1 is 1.43 bits per heavy atom. The van der Waals surface area contributed by atoms with Crippen LogP contribution in [0.2, 0.25) is 0 Å². The van der Waals surface area contributed by atoms with Gasteiger partial charge in [-0.05, 0) is 26.0 Å². The molecular weight excluding hydrogens is 322 g/mol. The monoisotopic (exact) mass is 335 g/mol. The Balaban J connectivity index is 1.82. The minimum absolute atomic E-state index is 0.0958. The van der Waals surface area contributed by atoms with Gasteiger partial charge in [0.1, 0.15) is 4.92 Å². The van der Waals surface area contributed by atoms with Gasteiger partial charge in [0, 0.05) is 11.4 Å². The molecule has 0 fully saturated rings. The molecule has 0 atom stereocenters. The summed E-state index contributed by atoms with van der Waals surface area (Å²) in [5.41, 5.74) is 3.96. The predicted octanol–water partition coefficient (Wildman–Crippen LogP) is 1.84. The standard InChI is InChI=1S/C13H13N5O4S/c1-8-5-9(2)16-13(15-8)23-7-11(19)17-14-6-10-3-4-12(22-10)18(20)21/h3-6H,7H2,1-2H3,(H,17,19)/b14-6-. The van der Waals surface area contributed by atoms with E-state index in [4.69, 9.17) is 4.42 Å². The summed E-state index contributed by atoms with van der Waals surface area (Å²) in [5.74, 6) is -0.476. The summed E-state index contributed by atoms with van der Waals surface area (Å²) in [4.78, 5) is 29.9. The lowest BCUT2D eigenvalue weighted by molar-refractivity contribution is -0.402. The number of furan rings is 1. The Morgan fingerprint density at radius 2 is 2.13 bits per heavy atom. The molecule has 0 radical (unpaired) electrons. The molecule has 2 rings (SSSR count). The molecule has 2 aromatic heterocycles. The fourth-order valence-corrected chi connectivity index (χ4v) is 2.34. The zero-order valence-corrected chi connectivity index (χ0v) is 13.2. The molecule has 10 heteroatoms. The van der Waals surface area contributed by atoms with E-state index in [0.717, 1.165) is 11.4 Å². The number of carbonyl (C=O) groups excluding carboxylic acids is 1. The number of aromatic nitrogens is 2. The molecule has 1 amide bonds. The van der Waals surface area contributed by atoms with Crippen LogP contribution in [0.5, 0.6) is 0 Å². The van der Waals surface area contributed by atoms with Crippen LogP contribution in [0.4, 0.5) is 5.88 Å². The SMILES string of the molecule is Cc1cc(C)nc(SCC(=O)N/N=C\c2ccc([N+](=O)[O-])o2)n1. The Bertz CT molecular complexity index is 738.